The van der Waals surface area contributed by atoms with Crippen LogP contribution in [0.15, 0.2) is 36.7 Å². The number of aromatic nitrogens is 1. The second-order valence-electron chi connectivity index (χ2n) is 4.40. The molecule has 0 amide bonds. The van der Waals surface area contributed by atoms with Gasteiger partial charge in [0.05, 0.1) is 30.3 Å². The summed E-state index contributed by atoms with van der Waals surface area (Å²) in [5.41, 5.74) is 0.322. The number of methoxy groups -OCH3 is 2. The predicted molar refractivity (Wildman–Crippen MR) is 79.0 cm³/mol. The van der Waals surface area contributed by atoms with E-state index in [4.69, 9.17) is 0 Å². The van der Waals surface area contributed by atoms with E-state index in [-0.39, 0.29) is 22.4 Å². The summed E-state index contributed by atoms with van der Waals surface area (Å²) in [5, 5.41) is 10.9. The highest BCUT2D eigenvalue weighted by molar-refractivity contribution is 6.05. The molecule has 1 aromatic heterocycles. The highest BCUT2D eigenvalue weighted by Gasteiger charge is 2.23. The summed E-state index contributed by atoms with van der Waals surface area (Å²) in [5.74, 6) is -1.44. The first kappa shape index (κ1) is 16.1. The van der Waals surface area contributed by atoms with E-state index in [1.807, 2.05) is 0 Å². The average molecular weight is 316 g/mol. The molecule has 0 saturated carbocycles. The molecule has 23 heavy (non-hydrogen) atoms. The van der Waals surface area contributed by atoms with E-state index in [9.17, 15) is 19.7 Å². The van der Waals surface area contributed by atoms with Crippen LogP contribution in [0.5, 0.6) is 0 Å². The molecule has 0 fully saturated rings. The third-order valence-electron chi connectivity index (χ3n) is 3.10. The van der Waals surface area contributed by atoms with Crippen LogP contribution in [0.25, 0.3) is 11.1 Å². The van der Waals surface area contributed by atoms with Crippen molar-refractivity contribution < 1.29 is 24.0 Å². The van der Waals surface area contributed by atoms with E-state index in [1.54, 1.807) is 6.07 Å². The SMILES string of the molecule is COC(=O)c1cncc(C(=O)OC)c1-c1cccc([N+](=O)[O-])c1. The Morgan fingerprint density at radius 2 is 1.65 bits per heavy atom. The van der Waals surface area contributed by atoms with Gasteiger partial charge in [0.25, 0.3) is 5.69 Å². The summed E-state index contributed by atoms with van der Waals surface area (Å²) in [7, 11) is 2.37. The number of non-ortho nitro benzene ring substituents is 1. The fraction of sp³-hybridized carbons (Fsp3) is 0.133. The van der Waals surface area contributed by atoms with E-state index in [1.165, 1.54) is 44.8 Å². The molecule has 8 heteroatoms. The summed E-state index contributed by atoms with van der Waals surface area (Å²) in [6.45, 7) is 0. The van der Waals surface area contributed by atoms with Crippen LogP contribution in [0, 0.1) is 10.1 Å². The lowest BCUT2D eigenvalue weighted by atomic mass is 9.96. The van der Waals surface area contributed by atoms with Crippen molar-refractivity contribution in [1.29, 1.82) is 0 Å². The van der Waals surface area contributed by atoms with Gasteiger partial charge in [0, 0.05) is 30.1 Å². The summed E-state index contributed by atoms with van der Waals surface area (Å²) in [4.78, 5) is 38.1. The number of hydrogen-bond donors (Lipinski definition) is 0. The molecule has 0 aliphatic carbocycles. The highest BCUT2D eigenvalue weighted by Crippen LogP contribution is 2.30. The Balaban J connectivity index is 2.76. The molecule has 0 N–H and O–H groups in total. The summed E-state index contributed by atoms with van der Waals surface area (Å²) < 4.78 is 9.36. The normalized spacial score (nSPS) is 10.0. The number of carbonyl (C=O) groups excluding carboxylic acids is 2. The maximum absolute atomic E-state index is 11.9. The molecule has 0 spiro atoms. The van der Waals surface area contributed by atoms with Gasteiger partial charge in [-0.3, -0.25) is 15.1 Å². The molecular formula is C15H12N2O6. The topological polar surface area (TPSA) is 109 Å². The van der Waals surface area contributed by atoms with Crippen LogP contribution in [0.1, 0.15) is 20.7 Å². The lowest BCUT2D eigenvalue weighted by Gasteiger charge is -2.12. The van der Waals surface area contributed by atoms with Crippen LogP contribution in [0.3, 0.4) is 0 Å². The van der Waals surface area contributed by atoms with Crippen molar-refractivity contribution in [3.8, 4) is 11.1 Å². The molecule has 0 atom stereocenters. The third-order valence-corrected chi connectivity index (χ3v) is 3.10. The van der Waals surface area contributed by atoms with Crippen LogP contribution in [0.4, 0.5) is 5.69 Å². The first-order chi connectivity index (χ1) is 11.0. The molecule has 118 valence electrons. The van der Waals surface area contributed by atoms with Gasteiger partial charge in [0.1, 0.15) is 0 Å². The van der Waals surface area contributed by atoms with Gasteiger partial charge in [-0.05, 0) is 5.56 Å². The number of nitro benzene ring substituents is 1. The minimum atomic E-state index is -0.718. The van der Waals surface area contributed by atoms with Crippen molar-refractivity contribution in [2.45, 2.75) is 0 Å². The zero-order valence-corrected chi connectivity index (χ0v) is 12.3. The lowest BCUT2D eigenvalue weighted by Crippen LogP contribution is -2.11. The van der Waals surface area contributed by atoms with Gasteiger partial charge in [0.15, 0.2) is 0 Å². The second-order valence-corrected chi connectivity index (χ2v) is 4.40. The number of esters is 2. The van der Waals surface area contributed by atoms with Crippen LogP contribution in [-0.2, 0) is 9.47 Å². The molecule has 8 nitrogen and oxygen atoms in total. The number of benzene rings is 1. The van der Waals surface area contributed by atoms with Crippen LogP contribution in [-0.4, -0.2) is 36.1 Å². The second kappa shape index (κ2) is 6.65. The lowest BCUT2D eigenvalue weighted by molar-refractivity contribution is -0.384. The van der Waals surface area contributed by atoms with Gasteiger partial charge in [0.2, 0.25) is 0 Å². The molecule has 0 bridgehead atoms. The number of nitro groups is 1. The largest absolute Gasteiger partial charge is 0.465 e. The van der Waals surface area contributed by atoms with Crippen molar-refractivity contribution in [2.24, 2.45) is 0 Å². The number of hydrogen-bond acceptors (Lipinski definition) is 7. The number of ether oxygens (including phenoxy) is 2. The fourth-order valence-corrected chi connectivity index (χ4v) is 2.08. The molecule has 0 saturated heterocycles. The van der Waals surface area contributed by atoms with E-state index < -0.39 is 16.9 Å². The predicted octanol–water partition coefficient (Wildman–Crippen LogP) is 2.23. The highest BCUT2D eigenvalue weighted by atomic mass is 16.6. The molecule has 2 aromatic rings. The number of carbonyl (C=O) groups is 2. The van der Waals surface area contributed by atoms with Crippen molar-refractivity contribution in [3.05, 3.63) is 57.9 Å². The standard InChI is InChI=1S/C15H12N2O6/c1-22-14(18)11-7-16-8-12(15(19)23-2)13(11)9-4-3-5-10(6-9)17(20)21/h3-8H,1-2H3. The Bertz CT molecular complexity index is 753. The van der Waals surface area contributed by atoms with Gasteiger partial charge < -0.3 is 9.47 Å². The van der Waals surface area contributed by atoms with Crippen molar-refractivity contribution in [2.75, 3.05) is 14.2 Å². The Morgan fingerprint density at radius 1 is 1.09 bits per heavy atom. The smallest absolute Gasteiger partial charge is 0.340 e. The van der Waals surface area contributed by atoms with Crippen molar-refractivity contribution in [3.63, 3.8) is 0 Å². The maximum Gasteiger partial charge on any atom is 0.340 e. The third kappa shape index (κ3) is 3.15. The Morgan fingerprint density at radius 3 is 2.13 bits per heavy atom. The molecule has 0 unspecified atom stereocenters. The Kier molecular flexibility index (Phi) is 4.65. The maximum atomic E-state index is 11.9. The number of rotatable bonds is 4. The molecule has 0 aliphatic heterocycles. The molecule has 0 radical (unpaired) electrons. The molecule has 2 rings (SSSR count). The minimum absolute atomic E-state index is 0.0101. The van der Waals surface area contributed by atoms with E-state index in [0.29, 0.717) is 5.56 Å². The quantitative estimate of drug-likeness (QED) is 0.483. The van der Waals surface area contributed by atoms with Gasteiger partial charge in [-0.2, -0.15) is 0 Å². The van der Waals surface area contributed by atoms with Crippen molar-refractivity contribution in [1.82, 2.24) is 4.98 Å². The van der Waals surface area contributed by atoms with E-state index in [0.717, 1.165) is 0 Å². The van der Waals surface area contributed by atoms with Crippen molar-refractivity contribution >= 4 is 17.6 Å². The van der Waals surface area contributed by atoms with Gasteiger partial charge >= 0.3 is 11.9 Å². The zero-order chi connectivity index (χ0) is 17.0. The van der Waals surface area contributed by atoms with Gasteiger partial charge in [-0.15, -0.1) is 0 Å². The summed E-state index contributed by atoms with van der Waals surface area (Å²) >= 11 is 0. The van der Waals surface area contributed by atoms with Gasteiger partial charge in [-0.25, -0.2) is 9.59 Å². The summed E-state index contributed by atoms with van der Waals surface area (Å²) in [6, 6.07) is 5.56. The average Bonchev–Trinajstić information content (AvgIpc) is 2.59. The zero-order valence-electron chi connectivity index (χ0n) is 12.3. The van der Waals surface area contributed by atoms with E-state index >= 15 is 0 Å². The molecule has 1 heterocycles. The first-order valence-corrected chi connectivity index (χ1v) is 6.39. The summed E-state index contributed by atoms with van der Waals surface area (Å²) in [6.07, 6.45) is 2.46. The van der Waals surface area contributed by atoms with Crippen LogP contribution < -0.4 is 0 Å². The minimum Gasteiger partial charge on any atom is -0.465 e. The van der Waals surface area contributed by atoms with Crippen LogP contribution in [0.2, 0.25) is 0 Å². The van der Waals surface area contributed by atoms with Crippen LogP contribution >= 0.6 is 0 Å². The number of nitrogens with zero attached hydrogens (tertiary/aromatic N) is 2. The Hall–Kier alpha value is -3.29. The molecular weight excluding hydrogens is 304 g/mol. The Labute approximate surface area is 130 Å². The molecule has 0 aliphatic rings. The molecule has 1 aromatic carbocycles. The van der Waals surface area contributed by atoms with Gasteiger partial charge in [-0.1, -0.05) is 12.1 Å². The van der Waals surface area contributed by atoms with E-state index in [2.05, 4.69) is 14.5 Å². The monoisotopic (exact) mass is 316 g/mol. The number of pyridine rings is 1. The first-order valence-electron chi connectivity index (χ1n) is 6.39. The fourth-order valence-electron chi connectivity index (χ4n) is 2.08.